The van der Waals surface area contributed by atoms with Crippen LogP contribution in [0.4, 0.5) is 0 Å². The second-order valence-electron chi connectivity index (χ2n) is 4.85. The van der Waals surface area contributed by atoms with Crippen LogP contribution in [0.2, 0.25) is 0 Å². The first kappa shape index (κ1) is 13.5. The fraction of sp³-hybridized carbons (Fsp3) is 0.917. The largest absolute Gasteiger partial charge is 0.387 e. The van der Waals surface area contributed by atoms with Crippen molar-refractivity contribution in [3.05, 3.63) is 0 Å². The highest BCUT2D eigenvalue weighted by Gasteiger charge is 2.43. The molecule has 0 aromatic carbocycles. The summed E-state index contributed by atoms with van der Waals surface area (Å²) in [4.78, 5) is 13.7. The monoisotopic (exact) mass is 228 g/mol. The molecule has 1 saturated heterocycles. The highest BCUT2D eigenvalue weighted by Crippen LogP contribution is 2.27. The second-order valence-corrected chi connectivity index (χ2v) is 4.85. The van der Waals surface area contributed by atoms with E-state index in [2.05, 4.69) is 12.2 Å². The first-order chi connectivity index (χ1) is 7.52. The van der Waals surface area contributed by atoms with Gasteiger partial charge in [0.05, 0.1) is 11.6 Å². The molecule has 94 valence electrons. The van der Waals surface area contributed by atoms with Crippen LogP contribution in [-0.2, 0) is 4.79 Å². The fourth-order valence-electron chi connectivity index (χ4n) is 2.17. The number of hydrogen-bond acceptors (Lipinski definition) is 3. The van der Waals surface area contributed by atoms with Crippen molar-refractivity contribution < 1.29 is 9.90 Å². The lowest BCUT2D eigenvalue weighted by atomic mass is 9.88. The van der Waals surface area contributed by atoms with Crippen molar-refractivity contribution in [2.45, 2.75) is 51.7 Å². The Kier molecular flexibility index (Phi) is 4.74. The van der Waals surface area contributed by atoms with Gasteiger partial charge in [-0.1, -0.05) is 20.3 Å². The second kappa shape index (κ2) is 5.64. The zero-order valence-corrected chi connectivity index (χ0v) is 10.6. The van der Waals surface area contributed by atoms with Crippen LogP contribution in [0.15, 0.2) is 0 Å². The molecule has 4 nitrogen and oxygen atoms in total. The van der Waals surface area contributed by atoms with Crippen molar-refractivity contribution in [2.75, 3.05) is 19.6 Å². The van der Waals surface area contributed by atoms with E-state index < -0.39 is 5.60 Å². The van der Waals surface area contributed by atoms with Crippen LogP contribution in [0.25, 0.3) is 0 Å². The molecule has 0 aromatic heterocycles. The first-order valence-electron chi connectivity index (χ1n) is 6.26. The van der Waals surface area contributed by atoms with Crippen LogP contribution < -0.4 is 5.32 Å². The average Bonchev–Trinajstić information content (AvgIpc) is 2.21. The summed E-state index contributed by atoms with van der Waals surface area (Å²) in [6.45, 7) is 7.99. The Morgan fingerprint density at radius 3 is 2.56 bits per heavy atom. The van der Waals surface area contributed by atoms with Gasteiger partial charge in [0.15, 0.2) is 0 Å². The molecule has 1 atom stereocenters. The van der Waals surface area contributed by atoms with E-state index in [1.54, 1.807) is 0 Å². The van der Waals surface area contributed by atoms with Crippen LogP contribution in [-0.4, -0.2) is 47.2 Å². The molecule has 0 aromatic rings. The third-order valence-corrected chi connectivity index (χ3v) is 3.19. The summed E-state index contributed by atoms with van der Waals surface area (Å²) < 4.78 is 0. The smallest absolute Gasteiger partial charge is 0.237 e. The summed E-state index contributed by atoms with van der Waals surface area (Å²) in [5.41, 5.74) is -0.548. The summed E-state index contributed by atoms with van der Waals surface area (Å²) in [5, 5.41) is 12.9. The van der Waals surface area contributed by atoms with Gasteiger partial charge in [0.25, 0.3) is 0 Å². The Morgan fingerprint density at radius 2 is 2.06 bits per heavy atom. The number of likely N-dealkylation sites (tertiary alicyclic amines) is 1. The summed E-state index contributed by atoms with van der Waals surface area (Å²) in [6.07, 6.45) is 2.77. The molecule has 0 bridgehead atoms. The quantitative estimate of drug-likeness (QED) is 0.705. The predicted molar refractivity (Wildman–Crippen MR) is 64.2 cm³/mol. The molecule has 0 spiro atoms. The molecule has 16 heavy (non-hydrogen) atoms. The van der Waals surface area contributed by atoms with Crippen molar-refractivity contribution >= 4 is 5.91 Å². The first-order valence-corrected chi connectivity index (χ1v) is 6.26. The number of nitrogens with one attached hydrogen (secondary N) is 1. The van der Waals surface area contributed by atoms with Crippen LogP contribution >= 0.6 is 0 Å². The summed E-state index contributed by atoms with van der Waals surface area (Å²) in [5.74, 6) is 0.0698. The average molecular weight is 228 g/mol. The van der Waals surface area contributed by atoms with Crippen molar-refractivity contribution in [3.8, 4) is 0 Å². The molecule has 0 saturated carbocycles. The van der Waals surface area contributed by atoms with Gasteiger partial charge >= 0.3 is 0 Å². The number of aliphatic hydroxyl groups is 1. The fourth-order valence-corrected chi connectivity index (χ4v) is 2.17. The minimum atomic E-state index is -0.548. The third kappa shape index (κ3) is 3.19. The van der Waals surface area contributed by atoms with Crippen molar-refractivity contribution in [1.29, 1.82) is 0 Å². The van der Waals surface area contributed by atoms with Crippen molar-refractivity contribution in [2.24, 2.45) is 0 Å². The van der Waals surface area contributed by atoms with Gasteiger partial charge in [0, 0.05) is 19.6 Å². The molecule has 0 aliphatic carbocycles. The molecular formula is C12H24N2O2. The number of nitrogens with zero attached hydrogens (tertiary/aromatic N) is 1. The molecule has 1 heterocycles. The van der Waals surface area contributed by atoms with E-state index in [9.17, 15) is 9.90 Å². The summed E-state index contributed by atoms with van der Waals surface area (Å²) in [7, 11) is 0. The van der Waals surface area contributed by atoms with Gasteiger partial charge in [0.2, 0.25) is 5.91 Å². The van der Waals surface area contributed by atoms with Gasteiger partial charge in [-0.05, 0) is 19.8 Å². The van der Waals surface area contributed by atoms with Gasteiger partial charge in [-0.25, -0.2) is 0 Å². The Labute approximate surface area is 98.0 Å². The van der Waals surface area contributed by atoms with Crippen molar-refractivity contribution in [3.63, 3.8) is 0 Å². The van der Waals surface area contributed by atoms with E-state index in [4.69, 9.17) is 0 Å². The lowest BCUT2D eigenvalue weighted by molar-refractivity contribution is -0.143. The number of β-amino-alcohol motifs (C(OH)–C–C–N with tert-alkyl or cyclic N) is 1. The molecule has 0 radical (unpaired) electrons. The SMILES string of the molecule is CCCNC(=O)C(C)N1CC(O)(CCC)C1. The topological polar surface area (TPSA) is 52.6 Å². The van der Waals surface area contributed by atoms with Crippen molar-refractivity contribution in [1.82, 2.24) is 10.2 Å². The molecule has 4 heteroatoms. The molecule has 1 amide bonds. The predicted octanol–water partition coefficient (Wildman–Crippen LogP) is 0.748. The minimum Gasteiger partial charge on any atom is -0.387 e. The molecular weight excluding hydrogens is 204 g/mol. The highest BCUT2D eigenvalue weighted by molar-refractivity contribution is 5.81. The number of rotatable bonds is 6. The Hall–Kier alpha value is -0.610. The maximum Gasteiger partial charge on any atom is 0.237 e. The molecule has 1 aliphatic rings. The van der Waals surface area contributed by atoms with E-state index in [-0.39, 0.29) is 11.9 Å². The number of amides is 1. The summed E-state index contributed by atoms with van der Waals surface area (Å²) >= 11 is 0. The van der Waals surface area contributed by atoms with E-state index in [1.807, 2.05) is 18.7 Å². The zero-order valence-electron chi connectivity index (χ0n) is 10.6. The Morgan fingerprint density at radius 1 is 1.44 bits per heavy atom. The highest BCUT2D eigenvalue weighted by atomic mass is 16.3. The van der Waals surface area contributed by atoms with Gasteiger partial charge in [-0.15, -0.1) is 0 Å². The Bertz CT molecular complexity index is 237. The van der Waals surface area contributed by atoms with Gasteiger partial charge < -0.3 is 10.4 Å². The van der Waals surface area contributed by atoms with Gasteiger partial charge in [-0.3, -0.25) is 9.69 Å². The van der Waals surface area contributed by atoms with Gasteiger partial charge in [0.1, 0.15) is 0 Å². The third-order valence-electron chi connectivity index (χ3n) is 3.19. The molecule has 1 aliphatic heterocycles. The van der Waals surface area contributed by atoms with Gasteiger partial charge in [-0.2, -0.15) is 0 Å². The lowest BCUT2D eigenvalue weighted by Gasteiger charge is -2.48. The van der Waals surface area contributed by atoms with Crippen LogP contribution in [0.5, 0.6) is 0 Å². The normalized spacial score (nSPS) is 21.2. The summed E-state index contributed by atoms with van der Waals surface area (Å²) in [6, 6.07) is -0.122. The van der Waals surface area contributed by atoms with Crippen LogP contribution in [0, 0.1) is 0 Å². The maximum atomic E-state index is 11.7. The van der Waals surface area contributed by atoms with E-state index in [1.165, 1.54) is 0 Å². The molecule has 1 rings (SSSR count). The molecule has 2 N–H and O–H groups in total. The zero-order chi connectivity index (χ0) is 12.2. The standard InChI is InChI=1S/C12H24N2O2/c1-4-6-12(16)8-14(9-12)10(3)11(15)13-7-5-2/h10,16H,4-9H2,1-3H3,(H,13,15). The molecule has 1 fully saturated rings. The maximum absolute atomic E-state index is 11.7. The Balaban J connectivity index is 2.30. The number of carbonyl (C=O) groups excluding carboxylic acids is 1. The van der Waals surface area contributed by atoms with E-state index in [0.29, 0.717) is 13.1 Å². The number of hydrogen-bond donors (Lipinski definition) is 2. The van der Waals surface area contributed by atoms with E-state index in [0.717, 1.165) is 25.8 Å². The van der Waals surface area contributed by atoms with Crippen LogP contribution in [0.3, 0.4) is 0 Å². The lowest BCUT2D eigenvalue weighted by Crippen LogP contribution is -2.66. The molecule has 1 unspecified atom stereocenters. The van der Waals surface area contributed by atoms with Crippen LogP contribution in [0.1, 0.15) is 40.0 Å². The van der Waals surface area contributed by atoms with E-state index >= 15 is 0 Å². The number of carbonyl (C=O) groups is 1. The minimum absolute atomic E-state index is 0.0698.